The van der Waals surface area contributed by atoms with Crippen molar-refractivity contribution in [2.45, 2.75) is 6.04 Å². The van der Waals surface area contributed by atoms with Gasteiger partial charge in [-0.05, 0) is 18.2 Å². The summed E-state index contributed by atoms with van der Waals surface area (Å²) in [5, 5.41) is 12.2. The number of hydrogen-bond acceptors (Lipinski definition) is 5. The van der Waals surface area contributed by atoms with Crippen LogP contribution in [0.4, 0.5) is 0 Å². The highest BCUT2D eigenvalue weighted by Crippen LogP contribution is 2.29. The second kappa shape index (κ2) is 7.60. The Hall–Kier alpha value is -1.79. The van der Waals surface area contributed by atoms with Gasteiger partial charge in [0, 0.05) is 19.2 Å². The number of nitrogens with one attached hydrogen (secondary N) is 1. The van der Waals surface area contributed by atoms with E-state index in [-0.39, 0.29) is 0 Å². The van der Waals surface area contributed by atoms with E-state index in [4.69, 9.17) is 14.2 Å². The van der Waals surface area contributed by atoms with E-state index < -0.39 is 12.0 Å². The van der Waals surface area contributed by atoms with Gasteiger partial charge in [-0.15, -0.1) is 0 Å². The number of benzene rings is 1. The molecule has 106 valence electrons. The molecule has 2 N–H and O–H groups in total. The zero-order chi connectivity index (χ0) is 14.3. The maximum absolute atomic E-state index is 11.4. The number of carbonyl (C=O) groups is 1. The summed E-state index contributed by atoms with van der Waals surface area (Å²) in [7, 11) is 4.59. The molecule has 1 unspecified atom stereocenters. The fourth-order valence-electron chi connectivity index (χ4n) is 1.70. The Morgan fingerprint density at radius 2 is 2.05 bits per heavy atom. The molecule has 0 fully saturated rings. The van der Waals surface area contributed by atoms with Gasteiger partial charge in [0.05, 0.1) is 20.8 Å². The standard InChI is InChI=1S/C13H19NO5/c1-17-7-6-14-12(13(15)16)10-8-9(18-2)4-5-11(10)19-3/h4-5,8,12,14H,6-7H2,1-3H3,(H,15,16). The fraction of sp³-hybridized carbons (Fsp3) is 0.462. The Balaban J connectivity index is 3.02. The third-order valence-electron chi connectivity index (χ3n) is 2.65. The van der Waals surface area contributed by atoms with Crippen molar-refractivity contribution in [3.05, 3.63) is 23.8 Å². The van der Waals surface area contributed by atoms with Crippen LogP contribution in [0.3, 0.4) is 0 Å². The minimum Gasteiger partial charge on any atom is -0.497 e. The lowest BCUT2D eigenvalue weighted by molar-refractivity contribution is -0.139. The molecule has 0 aromatic heterocycles. The Kier molecular flexibility index (Phi) is 6.11. The molecule has 19 heavy (non-hydrogen) atoms. The average molecular weight is 269 g/mol. The van der Waals surface area contributed by atoms with Crippen LogP contribution >= 0.6 is 0 Å². The molecule has 0 heterocycles. The van der Waals surface area contributed by atoms with Crippen LogP contribution in [0.2, 0.25) is 0 Å². The van der Waals surface area contributed by atoms with Crippen LogP contribution in [0.15, 0.2) is 18.2 Å². The highest BCUT2D eigenvalue weighted by Gasteiger charge is 2.23. The molecule has 0 amide bonds. The lowest BCUT2D eigenvalue weighted by Gasteiger charge is -2.18. The normalized spacial score (nSPS) is 11.9. The molecule has 0 aliphatic rings. The van der Waals surface area contributed by atoms with Crippen LogP contribution < -0.4 is 14.8 Å². The Morgan fingerprint density at radius 3 is 2.58 bits per heavy atom. The van der Waals surface area contributed by atoms with E-state index in [0.29, 0.717) is 30.2 Å². The quantitative estimate of drug-likeness (QED) is 0.687. The SMILES string of the molecule is COCCNC(C(=O)O)c1cc(OC)ccc1OC. The van der Waals surface area contributed by atoms with Gasteiger partial charge in [-0.25, -0.2) is 0 Å². The van der Waals surface area contributed by atoms with Crippen molar-refractivity contribution in [3.8, 4) is 11.5 Å². The summed E-state index contributed by atoms with van der Waals surface area (Å²) in [6.45, 7) is 0.851. The number of carboxylic acid groups (broad SMARTS) is 1. The topological polar surface area (TPSA) is 77.0 Å². The lowest BCUT2D eigenvalue weighted by atomic mass is 10.1. The van der Waals surface area contributed by atoms with Crippen molar-refractivity contribution in [1.82, 2.24) is 5.32 Å². The van der Waals surface area contributed by atoms with Gasteiger partial charge in [-0.1, -0.05) is 0 Å². The highest BCUT2D eigenvalue weighted by molar-refractivity contribution is 5.77. The monoisotopic (exact) mass is 269 g/mol. The van der Waals surface area contributed by atoms with Gasteiger partial charge in [0.15, 0.2) is 0 Å². The van der Waals surface area contributed by atoms with E-state index in [9.17, 15) is 9.90 Å². The lowest BCUT2D eigenvalue weighted by Crippen LogP contribution is -2.31. The first-order valence-corrected chi connectivity index (χ1v) is 5.81. The first-order chi connectivity index (χ1) is 9.13. The van der Waals surface area contributed by atoms with E-state index in [1.54, 1.807) is 25.3 Å². The zero-order valence-electron chi connectivity index (χ0n) is 11.3. The smallest absolute Gasteiger partial charge is 0.325 e. The summed E-state index contributed by atoms with van der Waals surface area (Å²) in [6.07, 6.45) is 0. The van der Waals surface area contributed by atoms with Gasteiger partial charge in [0.25, 0.3) is 0 Å². The molecule has 6 nitrogen and oxygen atoms in total. The molecule has 1 rings (SSSR count). The predicted molar refractivity (Wildman–Crippen MR) is 69.8 cm³/mol. The summed E-state index contributed by atoms with van der Waals surface area (Å²) in [4.78, 5) is 11.4. The van der Waals surface area contributed by atoms with Crippen LogP contribution in [0, 0.1) is 0 Å². The number of aliphatic carboxylic acids is 1. The molecule has 1 aromatic carbocycles. The largest absolute Gasteiger partial charge is 0.497 e. The van der Waals surface area contributed by atoms with Gasteiger partial charge in [-0.2, -0.15) is 0 Å². The Bertz CT molecular complexity index is 421. The molecule has 0 bridgehead atoms. The van der Waals surface area contributed by atoms with E-state index in [2.05, 4.69) is 5.32 Å². The fourth-order valence-corrected chi connectivity index (χ4v) is 1.70. The van der Waals surface area contributed by atoms with Gasteiger partial charge in [0.1, 0.15) is 17.5 Å². The van der Waals surface area contributed by atoms with Crippen molar-refractivity contribution in [2.24, 2.45) is 0 Å². The molecule has 1 atom stereocenters. The minimum absolute atomic E-state index is 0.424. The summed E-state index contributed by atoms with van der Waals surface area (Å²) < 4.78 is 15.2. The van der Waals surface area contributed by atoms with E-state index in [1.807, 2.05) is 0 Å². The predicted octanol–water partition coefficient (Wildman–Crippen LogP) is 1.07. The van der Waals surface area contributed by atoms with Crippen LogP contribution in [-0.2, 0) is 9.53 Å². The van der Waals surface area contributed by atoms with Crippen molar-refractivity contribution >= 4 is 5.97 Å². The van der Waals surface area contributed by atoms with E-state index in [0.717, 1.165) is 0 Å². The van der Waals surface area contributed by atoms with E-state index in [1.165, 1.54) is 14.2 Å². The highest BCUT2D eigenvalue weighted by atomic mass is 16.5. The molecule has 1 aromatic rings. The van der Waals surface area contributed by atoms with E-state index >= 15 is 0 Å². The summed E-state index contributed by atoms with van der Waals surface area (Å²) in [6, 6.07) is 4.18. The first kappa shape index (κ1) is 15.3. The zero-order valence-corrected chi connectivity index (χ0v) is 11.3. The molecule has 0 spiro atoms. The van der Waals surface area contributed by atoms with Crippen molar-refractivity contribution in [3.63, 3.8) is 0 Å². The molecule has 0 saturated heterocycles. The van der Waals surface area contributed by atoms with Crippen molar-refractivity contribution in [1.29, 1.82) is 0 Å². The second-order valence-corrected chi connectivity index (χ2v) is 3.83. The molecular formula is C13H19NO5. The van der Waals surface area contributed by atoms with Gasteiger partial charge in [-0.3, -0.25) is 10.1 Å². The van der Waals surface area contributed by atoms with Gasteiger partial charge >= 0.3 is 5.97 Å². The minimum atomic E-state index is -0.984. The summed E-state index contributed by atoms with van der Waals surface area (Å²) in [5.74, 6) is 0.0939. The van der Waals surface area contributed by atoms with Gasteiger partial charge < -0.3 is 19.3 Å². The number of rotatable bonds is 8. The maximum atomic E-state index is 11.4. The second-order valence-electron chi connectivity index (χ2n) is 3.83. The third-order valence-corrected chi connectivity index (χ3v) is 2.65. The molecule has 0 aliphatic carbocycles. The van der Waals surface area contributed by atoms with Crippen molar-refractivity contribution in [2.75, 3.05) is 34.5 Å². The van der Waals surface area contributed by atoms with Crippen molar-refractivity contribution < 1.29 is 24.1 Å². The summed E-state index contributed by atoms with van der Waals surface area (Å²) in [5.41, 5.74) is 0.519. The number of methoxy groups -OCH3 is 3. The Morgan fingerprint density at radius 1 is 1.32 bits per heavy atom. The van der Waals surface area contributed by atoms with Crippen LogP contribution in [0.25, 0.3) is 0 Å². The molecule has 6 heteroatoms. The molecule has 0 radical (unpaired) electrons. The van der Waals surface area contributed by atoms with Gasteiger partial charge in [0.2, 0.25) is 0 Å². The molecular weight excluding hydrogens is 250 g/mol. The summed E-state index contributed by atoms with van der Waals surface area (Å²) >= 11 is 0. The average Bonchev–Trinajstić information content (AvgIpc) is 2.42. The molecule has 0 aliphatic heterocycles. The number of ether oxygens (including phenoxy) is 3. The number of carboxylic acids is 1. The van der Waals surface area contributed by atoms with Crippen LogP contribution in [-0.4, -0.2) is 45.6 Å². The van der Waals surface area contributed by atoms with Crippen LogP contribution in [0.5, 0.6) is 11.5 Å². The Labute approximate surface area is 112 Å². The maximum Gasteiger partial charge on any atom is 0.325 e. The first-order valence-electron chi connectivity index (χ1n) is 5.81. The van der Waals surface area contributed by atoms with Crippen LogP contribution in [0.1, 0.15) is 11.6 Å². The molecule has 0 saturated carbocycles. The number of hydrogen-bond donors (Lipinski definition) is 2. The third kappa shape index (κ3) is 4.11.